The topological polar surface area (TPSA) is 81.9 Å². The molecule has 0 saturated carbocycles. The summed E-state index contributed by atoms with van der Waals surface area (Å²) in [4.78, 5) is 33.1. The van der Waals surface area contributed by atoms with Crippen LogP contribution in [0.1, 0.15) is 33.3 Å². The Hall–Kier alpha value is -4.13. The third-order valence-electron chi connectivity index (χ3n) is 5.65. The molecule has 1 aliphatic rings. The molecule has 0 N–H and O–H groups in total. The van der Waals surface area contributed by atoms with Crippen molar-refractivity contribution in [1.82, 2.24) is 4.98 Å². The molecule has 0 spiro atoms. The zero-order chi connectivity index (χ0) is 22.4. The summed E-state index contributed by atoms with van der Waals surface area (Å²) in [5.41, 5.74) is 1.89. The molecule has 7 heteroatoms. The molecular weight excluding hydrogens is 408 g/mol. The van der Waals surface area contributed by atoms with Gasteiger partial charge in [-0.25, -0.2) is 4.98 Å². The fourth-order valence-corrected chi connectivity index (χ4v) is 4.17. The minimum atomic E-state index is -0.793. The van der Waals surface area contributed by atoms with Gasteiger partial charge in [-0.1, -0.05) is 17.7 Å². The molecule has 7 nitrogen and oxygen atoms in total. The van der Waals surface area contributed by atoms with Crippen LogP contribution in [0.5, 0.6) is 11.5 Å². The van der Waals surface area contributed by atoms with Gasteiger partial charge in [0.15, 0.2) is 5.43 Å². The number of aryl methyl sites for hydroxylation is 1. The highest BCUT2D eigenvalue weighted by molar-refractivity contribution is 6.10. The molecule has 0 radical (unpaired) electrons. The summed E-state index contributed by atoms with van der Waals surface area (Å²) in [6.07, 6.45) is 1.60. The molecule has 0 unspecified atom stereocenters. The van der Waals surface area contributed by atoms with E-state index in [2.05, 4.69) is 4.98 Å². The van der Waals surface area contributed by atoms with Crippen LogP contribution < -0.4 is 19.8 Å². The van der Waals surface area contributed by atoms with Gasteiger partial charge in [0.25, 0.3) is 5.91 Å². The number of anilines is 1. The lowest BCUT2D eigenvalue weighted by molar-refractivity contribution is 0.0970. The van der Waals surface area contributed by atoms with E-state index in [0.29, 0.717) is 33.8 Å². The van der Waals surface area contributed by atoms with Crippen LogP contribution in [0.25, 0.3) is 11.0 Å². The van der Waals surface area contributed by atoms with Crippen LogP contribution in [0.3, 0.4) is 0 Å². The molecule has 0 aliphatic carbocycles. The minimum Gasteiger partial charge on any atom is -0.497 e. The number of benzene rings is 2. The fourth-order valence-electron chi connectivity index (χ4n) is 4.17. The van der Waals surface area contributed by atoms with Gasteiger partial charge in [-0.3, -0.25) is 14.5 Å². The zero-order valence-electron chi connectivity index (χ0n) is 17.8. The molecule has 2 aromatic heterocycles. The summed E-state index contributed by atoms with van der Waals surface area (Å²) in [7, 11) is 3.10. The Morgan fingerprint density at radius 2 is 1.84 bits per heavy atom. The van der Waals surface area contributed by atoms with Crippen molar-refractivity contribution in [3.05, 3.63) is 93.5 Å². The number of fused-ring (bicyclic) bond motifs is 2. The van der Waals surface area contributed by atoms with Crippen molar-refractivity contribution in [1.29, 1.82) is 0 Å². The van der Waals surface area contributed by atoms with Gasteiger partial charge in [-0.05, 0) is 49.4 Å². The molecule has 160 valence electrons. The molecule has 3 heterocycles. The number of rotatable bonds is 4. The number of pyridine rings is 1. The first kappa shape index (κ1) is 19.8. The van der Waals surface area contributed by atoms with Crippen LogP contribution >= 0.6 is 0 Å². The van der Waals surface area contributed by atoms with Gasteiger partial charge in [-0.15, -0.1) is 0 Å². The van der Waals surface area contributed by atoms with Gasteiger partial charge in [0.2, 0.25) is 5.76 Å². The third-order valence-corrected chi connectivity index (χ3v) is 5.65. The van der Waals surface area contributed by atoms with E-state index in [1.54, 1.807) is 68.9 Å². The van der Waals surface area contributed by atoms with Crippen LogP contribution in [-0.2, 0) is 0 Å². The van der Waals surface area contributed by atoms with Gasteiger partial charge >= 0.3 is 0 Å². The normalized spacial score (nSPS) is 15.2. The molecule has 4 aromatic rings. The highest BCUT2D eigenvalue weighted by Crippen LogP contribution is 2.44. The van der Waals surface area contributed by atoms with Crippen LogP contribution in [0.15, 0.2) is 70.0 Å². The summed E-state index contributed by atoms with van der Waals surface area (Å²) in [5.74, 6) is 1.06. The van der Waals surface area contributed by atoms with Crippen molar-refractivity contribution in [2.45, 2.75) is 13.0 Å². The maximum absolute atomic E-state index is 13.7. The molecule has 5 rings (SSSR count). The minimum absolute atomic E-state index is 0.00637. The second kappa shape index (κ2) is 7.53. The van der Waals surface area contributed by atoms with Crippen molar-refractivity contribution in [3.63, 3.8) is 0 Å². The number of amides is 1. The molecule has 1 aliphatic heterocycles. The fraction of sp³-hybridized carbons (Fsp3) is 0.160. The molecule has 32 heavy (non-hydrogen) atoms. The van der Waals surface area contributed by atoms with Gasteiger partial charge < -0.3 is 13.9 Å². The summed E-state index contributed by atoms with van der Waals surface area (Å²) in [6.45, 7) is 1.90. The van der Waals surface area contributed by atoms with Crippen molar-refractivity contribution < 1.29 is 18.7 Å². The Morgan fingerprint density at radius 1 is 1.00 bits per heavy atom. The number of carbonyl (C=O) groups excluding carboxylic acids is 1. The number of nitrogens with zero attached hydrogens (tertiary/aromatic N) is 2. The quantitative estimate of drug-likeness (QED) is 0.483. The van der Waals surface area contributed by atoms with Gasteiger partial charge in [-0.2, -0.15) is 0 Å². The Labute approximate surface area is 183 Å². The number of hydrogen-bond donors (Lipinski definition) is 0. The van der Waals surface area contributed by atoms with Crippen molar-refractivity contribution in [2.75, 3.05) is 19.1 Å². The maximum Gasteiger partial charge on any atom is 0.296 e. The van der Waals surface area contributed by atoms with E-state index in [0.717, 1.165) is 5.56 Å². The standard InChI is InChI=1S/C25H20N2O5/c1-14-7-9-19-17(12-14)23(28)21-22(16-13-15(30-2)8-10-18(16)31-3)27(25(29)24(21)32-19)20-6-4-5-11-26-20/h4-13,22H,1-3H3/t22-/m1/s1. The van der Waals surface area contributed by atoms with E-state index >= 15 is 0 Å². The first-order valence-electron chi connectivity index (χ1n) is 10.1. The van der Waals surface area contributed by atoms with Crippen LogP contribution in [0, 0.1) is 6.92 Å². The van der Waals surface area contributed by atoms with Crippen molar-refractivity contribution >= 4 is 22.7 Å². The second-order valence-corrected chi connectivity index (χ2v) is 7.55. The summed E-state index contributed by atoms with van der Waals surface area (Å²) >= 11 is 0. The van der Waals surface area contributed by atoms with Crippen molar-refractivity contribution in [3.8, 4) is 11.5 Å². The lowest BCUT2D eigenvalue weighted by atomic mass is 9.97. The summed E-state index contributed by atoms with van der Waals surface area (Å²) in [5, 5.41) is 0.422. The number of hydrogen-bond acceptors (Lipinski definition) is 6. The van der Waals surface area contributed by atoms with E-state index in [1.807, 2.05) is 13.0 Å². The predicted molar refractivity (Wildman–Crippen MR) is 120 cm³/mol. The van der Waals surface area contributed by atoms with Crippen LogP contribution in [0.2, 0.25) is 0 Å². The third kappa shape index (κ3) is 2.93. The highest BCUT2D eigenvalue weighted by Gasteiger charge is 2.45. The lowest BCUT2D eigenvalue weighted by Crippen LogP contribution is -2.30. The maximum atomic E-state index is 13.7. The van der Waals surface area contributed by atoms with Crippen LogP contribution in [-0.4, -0.2) is 25.1 Å². The van der Waals surface area contributed by atoms with E-state index in [9.17, 15) is 9.59 Å². The van der Waals surface area contributed by atoms with E-state index in [1.165, 1.54) is 4.90 Å². The Bertz CT molecular complexity index is 1410. The van der Waals surface area contributed by atoms with Crippen LogP contribution in [0.4, 0.5) is 5.82 Å². The van der Waals surface area contributed by atoms with Crippen molar-refractivity contribution in [2.24, 2.45) is 0 Å². The predicted octanol–water partition coefficient (Wildman–Crippen LogP) is 4.26. The van der Waals surface area contributed by atoms with Gasteiger partial charge in [0.05, 0.1) is 25.2 Å². The number of methoxy groups -OCH3 is 2. The largest absolute Gasteiger partial charge is 0.497 e. The molecule has 0 fully saturated rings. The lowest BCUT2D eigenvalue weighted by Gasteiger charge is -2.25. The molecular formula is C25H20N2O5. The first-order valence-corrected chi connectivity index (χ1v) is 10.1. The number of aromatic nitrogens is 1. The van der Waals surface area contributed by atoms with E-state index in [4.69, 9.17) is 13.9 Å². The molecule has 0 bridgehead atoms. The number of carbonyl (C=O) groups is 1. The van der Waals surface area contributed by atoms with Gasteiger partial charge in [0.1, 0.15) is 28.9 Å². The SMILES string of the molecule is COc1ccc(OC)c([C@@H]2c3c(oc4ccc(C)cc4c3=O)C(=O)N2c2ccccn2)c1. The summed E-state index contributed by atoms with van der Waals surface area (Å²) < 4.78 is 17.0. The molecule has 1 amide bonds. The average Bonchev–Trinajstić information content (AvgIpc) is 3.12. The average molecular weight is 428 g/mol. The smallest absolute Gasteiger partial charge is 0.296 e. The number of ether oxygens (including phenoxy) is 2. The second-order valence-electron chi connectivity index (χ2n) is 7.55. The Morgan fingerprint density at radius 3 is 2.56 bits per heavy atom. The Kier molecular flexibility index (Phi) is 4.66. The molecule has 0 saturated heterocycles. The summed E-state index contributed by atoms with van der Waals surface area (Å²) in [6, 6.07) is 15.1. The first-order chi connectivity index (χ1) is 15.5. The Balaban J connectivity index is 1.86. The van der Waals surface area contributed by atoms with E-state index in [-0.39, 0.29) is 16.8 Å². The van der Waals surface area contributed by atoms with E-state index < -0.39 is 11.9 Å². The molecule has 1 atom stereocenters. The monoisotopic (exact) mass is 428 g/mol. The molecule has 2 aromatic carbocycles. The highest BCUT2D eigenvalue weighted by atomic mass is 16.5. The van der Waals surface area contributed by atoms with Gasteiger partial charge in [0, 0.05) is 11.8 Å². The zero-order valence-corrected chi connectivity index (χ0v) is 17.8.